The number of ether oxygens (including phenoxy) is 1. The Balaban J connectivity index is 2.48. The number of hydrogen-bond acceptors (Lipinski definition) is 3. The van der Waals surface area contributed by atoms with Gasteiger partial charge < -0.3 is 15.8 Å². The van der Waals surface area contributed by atoms with Crippen molar-refractivity contribution >= 4 is 5.91 Å². The maximum atomic E-state index is 12.0. The number of rotatable bonds is 8. The van der Waals surface area contributed by atoms with Crippen LogP contribution in [0, 0.1) is 5.92 Å². The number of methoxy groups -OCH3 is 1. The Labute approximate surface area is 115 Å². The minimum absolute atomic E-state index is 0.0409. The lowest BCUT2D eigenvalue weighted by atomic mass is 10.00. The van der Waals surface area contributed by atoms with Gasteiger partial charge in [-0.3, -0.25) is 4.79 Å². The summed E-state index contributed by atoms with van der Waals surface area (Å²) >= 11 is 0. The van der Waals surface area contributed by atoms with E-state index in [-0.39, 0.29) is 5.91 Å². The molecule has 19 heavy (non-hydrogen) atoms. The van der Waals surface area contributed by atoms with Crippen molar-refractivity contribution in [3.63, 3.8) is 0 Å². The van der Waals surface area contributed by atoms with E-state index in [1.807, 2.05) is 0 Å². The van der Waals surface area contributed by atoms with E-state index in [0.29, 0.717) is 24.6 Å². The van der Waals surface area contributed by atoms with E-state index in [0.717, 1.165) is 25.0 Å². The Kier molecular flexibility index (Phi) is 6.97. The Morgan fingerprint density at radius 2 is 2.00 bits per heavy atom. The SMILES string of the molecule is CCCC(CCN)CNC(=O)c1ccc(OC)cc1. The van der Waals surface area contributed by atoms with Gasteiger partial charge in [0.25, 0.3) is 5.91 Å². The van der Waals surface area contributed by atoms with Gasteiger partial charge in [0.1, 0.15) is 5.75 Å². The van der Waals surface area contributed by atoms with Gasteiger partial charge in [-0.25, -0.2) is 0 Å². The molecule has 0 aromatic heterocycles. The summed E-state index contributed by atoms with van der Waals surface area (Å²) in [7, 11) is 1.61. The summed E-state index contributed by atoms with van der Waals surface area (Å²) in [6, 6.07) is 7.12. The van der Waals surface area contributed by atoms with Crippen molar-refractivity contribution in [1.82, 2.24) is 5.32 Å². The highest BCUT2D eigenvalue weighted by atomic mass is 16.5. The summed E-state index contributed by atoms with van der Waals surface area (Å²) in [6.07, 6.45) is 3.17. The molecular weight excluding hydrogens is 240 g/mol. The lowest BCUT2D eigenvalue weighted by Gasteiger charge is -2.16. The average molecular weight is 264 g/mol. The van der Waals surface area contributed by atoms with Crippen LogP contribution in [0.4, 0.5) is 0 Å². The molecule has 4 heteroatoms. The Hall–Kier alpha value is -1.55. The molecule has 3 N–H and O–H groups in total. The van der Waals surface area contributed by atoms with E-state index >= 15 is 0 Å². The second kappa shape index (κ2) is 8.53. The highest BCUT2D eigenvalue weighted by Crippen LogP contribution is 2.12. The van der Waals surface area contributed by atoms with Crippen LogP contribution in [-0.4, -0.2) is 26.1 Å². The van der Waals surface area contributed by atoms with Crippen LogP contribution in [0.25, 0.3) is 0 Å². The van der Waals surface area contributed by atoms with Crippen LogP contribution in [0.15, 0.2) is 24.3 Å². The highest BCUT2D eigenvalue weighted by Gasteiger charge is 2.10. The van der Waals surface area contributed by atoms with Crippen molar-refractivity contribution in [2.45, 2.75) is 26.2 Å². The van der Waals surface area contributed by atoms with Crippen LogP contribution in [-0.2, 0) is 0 Å². The molecule has 1 atom stereocenters. The monoisotopic (exact) mass is 264 g/mol. The van der Waals surface area contributed by atoms with Crippen molar-refractivity contribution in [2.24, 2.45) is 11.7 Å². The molecule has 0 saturated carbocycles. The molecule has 1 rings (SSSR count). The summed E-state index contributed by atoms with van der Waals surface area (Å²) in [4.78, 5) is 12.0. The fourth-order valence-electron chi connectivity index (χ4n) is 2.07. The van der Waals surface area contributed by atoms with Gasteiger partial charge in [0.2, 0.25) is 0 Å². The number of nitrogens with two attached hydrogens (primary N) is 1. The third kappa shape index (κ3) is 5.30. The van der Waals surface area contributed by atoms with Crippen molar-refractivity contribution in [2.75, 3.05) is 20.2 Å². The molecule has 4 nitrogen and oxygen atoms in total. The summed E-state index contributed by atoms with van der Waals surface area (Å²) in [5.74, 6) is 1.18. The van der Waals surface area contributed by atoms with E-state index in [4.69, 9.17) is 10.5 Å². The Bertz CT molecular complexity index is 370. The van der Waals surface area contributed by atoms with Crippen LogP contribution in [0.2, 0.25) is 0 Å². The number of hydrogen-bond donors (Lipinski definition) is 2. The first-order valence-electron chi connectivity index (χ1n) is 6.83. The molecule has 0 bridgehead atoms. The van der Waals surface area contributed by atoms with E-state index < -0.39 is 0 Å². The van der Waals surface area contributed by atoms with Gasteiger partial charge in [-0.1, -0.05) is 13.3 Å². The maximum absolute atomic E-state index is 12.0. The molecule has 0 spiro atoms. The van der Waals surface area contributed by atoms with Crippen LogP contribution < -0.4 is 15.8 Å². The number of carbonyl (C=O) groups is 1. The zero-order valence-electron chi connectivity index (χ0n) is 11.8. The standard InChI is InChI=1S/C15H24N2O2/c1-3-4-12(9-10-16)11-17-15(18)13-5-7-14(19-2)8-6-13/h5-8,12H,3-4,9-11,16H2,1-2H3,(H,17,18). The number of nitrogens with one attached hydrogen (secondary N) is 1. The van der Waals surface area contributed by atoms with Crippen LogP contribution in [0.5, 0.6) is 5.75 Å². The maximum Gasteiger partial charge on any atom is 0.251 e. The Morgan fingerprint density at radius 1 is 1.32 bits per heavy atom. The Morgan fingerprint density at radius 3 is 2.53 bits per heavy atom. The van der Waals surface area contributed by atoms with Crippen molar-refractivity contribution in [1.29, 1.82) is 0 Å². The topological polar surface area (TPSA) is 64.3 Å². The minimum Gasteiger partial charge on any atom is -0.497 e. The first kappa shape index (κ1) is 15.5. The number of benzene rings is 1. The second-order valence-corrected chi connectivity index (χ2v) is 4.67. The van der Waals surface area contributed by atoms with Crippen LogP contribution in [0.1, 0.15) is 36.5 Å². The molecule has 1 aromatic carbocycles. The van der Waals surface area contributed by atoms with E-state index in [1.165, 1.54) is 0 Å². The van der Waals surface area contributed by atoms with E-state index in [2.05, 4.69) is 12.2 Å². The fraction of sp³-hybridized carbons (Fsp3) is 0.533. The summed E-state index contributed by atoms with van der Waals surface area (Å²) < 4.78 is 5.07. The van der Waals surface area contributed by atoms with Crippen LogP contribution >= 0.6 is 0 Å². The zero-order valence-corrected chi connectivity index (χ0v) is 11.8. The predicted octanol–water partition coefficient (Wildman–Crippen LogP) is 2.19. The lowest BCUT2D eigenvalue weighted by molar-refractivity contribution is 0.0945. The zero-order chi connectivity index (χ0) is 14.1. The number of carbonyl (C=O) groups excluding carboxylic acids is 1. The first-order valence-corrected chi connectivity index (χ1v) is 6.83. The molecule has 0 aliphatic heterocycles. The lowest BCUT2D eigenvalue weighted by Crippen LogP contribution is -2.30. The number of amides is 1. The molecule has 1 amide bonds. The fourth-order valence-corrected chi connectivity index (χ4v) is 2.07. The van der Waals surface area contributed by atoms with Gasteiger partial charge in [-0.2, -0.15) is 0 Å². The van der Waals surface area contributed by atoms with Crippen molar-refractivity contribution in [3.05, 3.63) is 29.8 Å². The molecule has 0 heterocycles. The molecule has 0 fully saturated rings. The normalized spacial score (nSPS) is 11.9. The molecule has 106 valence electrons. The van der Waals surface area contributed by atoms with Gasteiger partial charge in [0.15, 0.2) is 0 Å². The van der Waals surface area contributed by atoms with Gasteiger partial charge in [0.05, 0.1) is 7.11 Å². The largest absolute Gasteiger partial charge is 0.497 e. The van der Waals surface area contributed by atoms with E-state index in [1.54, 1.807) is 31.4 Å². The molecule has 1 aromatic rings. The summed E-state index contributed by atoms with van der Waals surface area (Å²) in [5, 5.41) is 2.97. The molecular formula is C15H24N2O2. The van der Waals surface area contributed by atoms with Crippen LogP contribution in [0.3, 0.4) is 0 Å². The quantitative estimate of drug-likeness (QED) is 0.756. The first-order chi connectivity index (χ1) is 9.21. The third-order valence-corrected chi connectivity index (χ3v) is 3.18. The molecule has 0 saturated heterocycles. The molecule has 1 unspecified atom stereocenters. The smallest absolute Gasteiger partial charge is 0.251 e. The summed E-state index contributed by atoms with van der Waals surface area (Å²) in [6.45, 7) is 3.51. The molecule has 0 aliphatic carbocycles. The van der Waals surface area contributed by atoms with Gasteiger partial charge in [-0.05, 0) is 49.6 Å². The third-order valence-electron chi connectivity index (χ3n) is 3.18. The van der Waals surface area contributed by atoms with Gasteiger partial charge >= 0.3 is 0 Å². The minimum atomic E-state index is -0.0409. The predicted molar refractivity (Wildman–Crippen MR) is 77.4 cm³/mol. The van der Waals surface area contributed by atoms with Crippen molar-refractivity contribution < 1.29 is 9.53 Å². The van der Waals surface area contributed by atoms with E-state index in [9.17, 15) is 4.79 Å². The molecule has 0 radical (unpaired) electrons. The average Bonchev–Trinajstić information content (AvgIpc) is 2.45. The van der Waals surface area contributed by atoms with Gasteiger partial charge in [-0.15, -0.1) is 0 Å². The second-order valence-electron chi connectivity index (χ2n) is 4.67. The molecule has 0 aliphatic rings. The van der Waals surface area contributed by atoms with Gasteiger partial charge in [0, 0.05) is 12.1 Å². The summed E-state index contributed by atoms with van der Waals surface area (Å²) in [5.41, 5.74) is 6.24. The van der Waals surface area contributed by atoms with Crippen molar-refractivity contribution in [3.8, 4) is 5.75 Å². The highest BCUT2D eigenvalue weighted by molar-refractivity contribution is 5.94.